The second-order valence-electron chi connectivity index (χ2n) is 4.21. The molecule has 0 atom stereocenters. The standard InChI is InChI=1S/C14H11N3O3S/c1-20-9-3-4-10-11(6-9)21-14(16-10)17-12-5-2-8(7-15-12)13(18)19/h2-7H,1H3,(H,18,19)(H,15,16,17). The number of benzene rings is 1. The number of carboxylic acids is 1. The Labute approximate surface area is 124 Å². The van der Waals surface area contributed by atoms with Crippen LogP contribution < -0.4 is 10.1 Å². The highest BCUT2D eigenvalue weighted by atomic mass is 32.1. The molecule has 0 unspecified atom stereocenters. The third-order valence-electron chi connectivity index (χ3n) is 2.84. The Morgan fingerprint density at radius 1 is 1.33 bits per heavy atom. The average molecular weight is 301 g/mol. The number of ether oxygens (including phenoxy) is 1. The number of hydrogen-bond donors (Lipinski definition) is 2. The smallest absolute Gasteiger partial charge is 0.337 e. The van der Waals surface area contributed by atoms with Gasteiger partial charge in [0.2, 0.25) is 0 Å². The molecule has 0 saturated carbocycles. The molecule has 0 aliphatic heterocycles. The summed E-state index contributed by atoms with van der Waals surface area (Å²) in [6.07, 6.45) is 1.31. The molecule has 0 aliphatic rings. The third-order valence-corrected chi connectivity index (χ3v) is 3.77. The summed E-state index contributed by atoms with van der Waals surface area (Å²) >= 11 is 1.47. The lowest BCUT2D eigenvalue weighted by atomic mass is 10.3. The van der Waals surface area contributed by atoms with Crippen molar-refractivity contribution in [1.29, 1.82) is 0 Å². The molecule has 2 heterocycles. The van der Waals surface area contributed by atoms with Gasteiger partial charge >= 0.3 is 5.97 Å². The molecule has 1 aromatic carbocycles. The van der Waals surface area contributed by atoms with E-state index in [4.69, 9.17) is 9.84 Å². The van der Waals surface area contributed by atoms with E-state index in [1.165, 1.54) is 23.6 Å². The number of methoxy groups -OCH3 is 1. The number of aromatic nitrogens is 2. The number of pyridine rings is 1. The summed E-state index contributed by atoms with van der Waals surface area (Å²) in [5.41, 5.74) is 1.01. The molecular formula is C14H11N3O3S. The number of carbonyl (C=O) groups is 1. The maximum Gasteiger partial charge on any atom is 0.337 e. The topological polar surface area (TPSA) is 84.3 Å². The van der Waals surface area contributed by atoms with Gasteiger partial charge in [0.05, 0.1) is 22.9 Å². The van der Waals surface area contributed by atoms with Gasteiger partial charge in [0, 0.05) is 6.20 Å². The SMILES string of the molecule is COc1ccc2nc(Nc3ccc(C(=O)O)cn3)sc2c1. The van der Waals surface area contributed by atoms with E-state index in [2.05, 4.69) is 15.3 Å². The Balaban J connectivity index is 1.85. The number of carboxylic acid groups (broad SMARTS) is 1. The predicted octanol–water partition coefficient (Wildman–Crippen LogP) is 3.14. The Morgan fingerprint density at radius 3 is 2.86 bits per heavy atom. The Hall–Kier alpha value is -2.67. The van der Waals surface area contributed by atoms with Crippen LogP contribution in [0, 0.1) is 0 Å². The van der Waals surface area contributed by atoms with Crippen LogP contribution in [0.2, 0.25) is 0 Å². The summed E-state index contributed by atoms with van der Waals surface area (Å²) in [6, 6.07) is 8.76. The maximum absolute atomic E-state index is 10.8. The van der Waals surface area contributed by atoms with Crippen LogP contribution >= 0.6 is 11.3 Å². The molecule has 0 aliphatic carbocycles. The number of hydrogen-bond acceptors (Lipinski definition) is 6. The van der Waals surface area contributed by atoms with Gasteiger partial charge < -0.3 is 15.2 Å². The van der Waals surface area contributed by atoms with Crippen molar-refractivity contribution in [2.75, 3.05) is 12.4 Å². The van der Waals surface area contributed by atoms with Gasteiger partial charge in [-0.15, -0.1) is 0 Å². The summed E-state index contributed by atoms with van der Waals surface area (Å²) in [7, 11) is 1.62. The second-order valence-corrected chi connectivity index (χ2v) is 5.25. The first kappa shape index (κ1) is 13.3. The van der Waals surface area contributed by atoms with E-state index in [9.17, 15) is 4.79 Å². The zero-order valence-corrected chi connectivity index (χ0v) is 11.8. The van der Waals surface area contributed by atoms with Gasteiger partial charge in [-0.1, -0.05) is 11.3 Å². The fourth-order valence-corrected chi connectivity index (χ4v) is 2.69. The highest BCUT2D eigenvalue weighted by Gasteiger charge is 2.07. The van der Waals surface area contributed by atoms with E-state index in [0.29, 0.717) is 10.9 Å². The molecular weight excluding hydrogens is 290 g/mol. The van der Waals surface area contributed by atoms with E-state index in [1.54, 1.807) is 13.2 Å². The fraction of sp³-hybridized carbons (Fsp3) is 0.0714. The van der Waals surface area contributed by atoms with Gasteiger partial charge in [-0.3, -0.25) is 0 Å². The van der Waals surface area contributed by atoms with Crippen LogP contribution in [0.25, 0.3) is 10.2 Å². The highest BCUT2D eigenvalue weighted by Crippen LogP contribution is 2.30. The molecule has 7 heteroatoms. The molecule has 6 nitrogen and oxygen atoms in total. The van der Waals surface area contributed by atoms with Crippen molar-refractivity contribution in [2.24, 2.45) is 0 Å². The van der Waals surface area contributed by atoms with Crippen LogP contribution in [-0.2, 0) is 0 Å². The van der Waals surface area contributed by atoms with Crippen LogP contribution in [-0.4, -0.2) is 28.2 Å². The molecule has 0 fully saturated rings. The van der Waals surface area contributed by atoms with Crippen LogP contribution in [0.15, 0.2) is 36.5 Å². The number of thiazole rings is 1. The third kappa shape index (κ3) is 2.77. The van der Waals surface area contributed by atoms with E-state index in [0.717, 1.165) is 16.0 Å². The minimum Gasteiger partial charge on any atom is -0.497 e. The van der Waals surface area contributed by atoms with Crippen LogP contribution in [0.1, 0.15) is 10.4 Å². The van der Waals surface area contributed by atoms with Gasteiger partial charge in [0.1, 0.15) is 11.6 Å². The number of fused-ring (bicyclic) bond motifs is 1. The maximum atomic E-state index is 10.8. The molecule has 2 N–H and O–H groups in total. The summed E-state index contributed by atoms with van der Waals surface area (Å²) in [5, 5.41) is 12.6. The first-order valence-corrected chi connectivity index (χ1v) is 6.88. The van der Waals surface area contributed by atoms with E-state index < -0.39 is 5.97 Å². The van der Waals surface area contributed by atoms with Crippen molar-refractivity contribution in [3.63, 3.8) is 0 Å². The summed E-state index contributed by atoms with van der Waals surface area (Å²) in [4.78, 5) is 19.3. The minimum atomic E-state index is -0.999. The molecule has 0 amide bonds. The number of aromatic carboxylic acids is 1. The molecule has 21 heavy (non-hydrogen) atoms. The van der Waals surface area contributed by atoms with Crippen molar-refractivity contribution >= 4 is 38.5 Å². The number of nitrogens with one attached hydrogen (secondary N) is 1. The van der Waals surface area contributed by atoms with Crippen LogP contribution in [0.4, 0.5) is 10.9 Å². The molecule has 0 bridgehead atoms. The molecule has 106 valence electrons. The lowest BCUT2D eigenvalue weighted by Gasteiger charge is -2.01. The Kier molecular flexibility index (Phi) is 3.41. The first-order chi connectivity index (χ1) is 10.2. The second kappa shape index (κ2) is 5.37. The quantitative estimate of drug-likeness (QED) is 0.770. The van der Waals surface area contributed by atoms with Crippen molar-refractivity contribution in [3.05, 3.63) is 42.1 Å². The van der Waals surface area contributed by atoms with Crippen molar-refractivity contribution in [3.8, 4) is 5.75 Å². The zero-order valence-electron chi connectivity index (χ0n) is 11.0. The van der Waals surface area contributed by atoms with E-state index >= 15 is 0 Å². The van der Waals surface area contributed by atoms with Gasteiger partial charge in [0.25, 0.3) is 0 Å². The largest absolute Gasteiger partial charge is 0.497 e. The summed E-state index contributed by atoms with van der Waals surface area (Å²) in [6.45, 7) is 0. The minimum absolute atomic E-state index is 0.148. The molecule has 0 saturated heterocycles. The molecule has 3 aromatic rings. The average Bonchev–Trinajstić information content (AvgIpc) is 2.88. The van der Waals surface area contributed by atoms with Gasteiger partial charge in [0.15, 0.2) is 5.13 Å². The van der Waals surface area contributed by atoms with E-state index in [-0.39, 0.29) is 5.56 Å². The van der Waals surface area contributed by atoms with Gasteiger partial charge in [-0.25, -0.2) is 14.8 Å². The summed E-state index contributed by atoms with van der Waals surface area (Å²) in [5.74, 6) is 0.328. The normalized spacial score (nSPS) is 10.5. The lowest BCUT2D eigenvalue weighted by Crippen LogP contribution is -1.98. The molecule has 0 radical (unpaired) electrons. The van der Waals surface area contributed by atoms with Crippen molar-refractivity contribution in [2.45, 2.75) is 0 Å². The fourth-order valence-electron chi connectivity index (χ4n) is 1.79. The molecule has 3 rings (SSSR count). The number of anilines is 2. The van der Waals surface area contributed by atoms with Gasteiger partial charge in [-0.05, 0) is 30.3 Å². The lowest BCUT2D eigenvalue weighted by molar-refractivity contribution is 0.0696. The number of rotatable bonds is 4. The van der Waals surface area contributed by atoms with Crippen molar-refractivity contribution < 1.29 is 14.6 Å². The molecule has 0 spiro atoms. The monoisotopic (exact) mass is 301 g/mol. The van der Waals surface area contributed by atoms with E-state index in [1.807, 2.05) is 18.2 Å². The number of nitrogens with zero attached hydrogens (tertiary/aromatic N) is 2. The Bertz CT molecular complexity index is 799. The Morgan fingerprint density at radius 2 is 2.19 bits per heavy atom. The molecule has 2 aromatic heterocycles. The van der Waals surface area contributed by atoms with Crippen LogP contribution in [0.3, 0.4) is 0 Å². The van der Waals surface area contributed by atoms with Gasteiger partial charge in [-0.2, -0.15) is 0 Å². The zero-order chi connectivity index (χ0) is 14.8. The highest BCUT2D eigenvalue weighted by molar-refractivity contribution is 7.22. The predicted molar refractivity (Wildman–Crippen MR) is 80.7 cm³/mol. The van der Waals surface area contributed by atoms with Crippen molar-refractivity contribution in [1.82, 2.24) is 9.97 Å². The summed E-state index contributed by atoms with van der Waals surface area (Å²) < 4.78 is 6.18. The van der Waals surface area contributed by atoms with Crippen LogP contribution in [0.5, 0.6) is 5.75 Å². The first-order valence-electron chi connectivity index (χ1n) is 6.06.